The zero-order valence-corrected chi connectivity index (χ0v) is 26.3. The molecule has 3 rings (SSSR count). The second kappa shape index (κ2) is 13.0. The van der Waals surface area contributed by atoms with Crippen molar-refractivity contribution in [2.45, 2.75) is 71.0 Å². The minimum atomic E-state index is -4.10. The molecule has 0 radical (unpaired) electrons. The lowest BCUT2D eigenvalue weighted by Crippen LogP contribution is -2.55. The minimum Gasteiger partial charge on any atom is -0.350 e. The fourth-order valence-corrected chi connectivity index (χ4v) is 6.03. The molecule has 1 atom stereocenters. The number of halogens is 1. The van der Waals surface area contributed by atoms with Gasteiger partial charge in [-0.3, -0.25) is 13.9 Å². The Labute approximate surface area is 246 Å². The molecule has 0 spiro atoms. The highest BCUT2D eigenvalue weighted by Gasteiger charge is 2.34. The van der Waals surface area contributed by atoms with Crippen LogP contribution in [-0.4, -0.2) is 43.3 Å². The van der Waals surface area contributed by atoms with Crippen LogP contribution in [0.5, 0.6) is 0 Å². The van der Waals surface area contributed by atoms with E-state index in [1.807, 2.05) is 65.8 Å². The van der Waals surface area contributed by atoms with Crippen molar-refractivity contribution < 1.29 is 18.0 Å². The van der Waals surface area contributed by atoms with Gasteiger partial charge in [0, 0.05) is 16.6 Å². The summed E-state index contributed by atoms with van der Waals surface area (Å²) >= 11 is 3.40. The number of anilines is 1. The molecule has 3 aromatic carbocycles. The van der Waals surface area contributed by atoms with Crippen molar-refractivity contribution in [3.05, 3.63) is 94.0 Å². The summed E-state index contributed by atoms with van der Waals surface area (Å²) in [6, 6.07) is 20.2. The first kappa shape index (κ1) is 31.4. The predicted molar refractivity (Wildman–Crippen MR) is 164 cm³/mol. The first-order valence-electron chi connectivity index (χ1n) is 13.2. The Hall–Kier alpha value is -3.17. The Bertz CT molecular complexity index is 1430. The van der Waals surface area contributed by atoms with Crippen LogP contribution in [0, 0.1) is 13.8 Å². The molecule has 0 aromatic heterocycles. The number of rotatable bonds is 10. The first-order valence-corrected chi connectivity index (χ1v) is 15.5. The average molecular weight is 629 g/mol. The van der Waals surface area contributed by atoms with Gasteiger partial charge in [-0.2, -0.15) is 0 Å². The molecule has 214 valence electrons. The summed E-state index contributed by atoms with van der Waals surface area (Å²) in [5, 5.41) is 2.99. The van der Waals surface area contributed by atoms with Crippen LogP contribution in [0.15, 0.2) is 82.2 Å². The van der Waals surface area contributed by atoms with E-state index in [1.54, 1.807) is 36.4 Å². The van der Waals surface area contributed by atoms with Crippen molar-refractivity contribution in [2.75, 3.05) is 10.8 Å². The Morgan fingerprint density at radius 3 is 2.10 bits per heavy atom. The molecule has 0 saturated carbocycles. The topological polar surface area (TPSA) is 86.8 Å². The van der Waals surface area contributed by atoms with E-state index in [2.05, 4.69) is 21.2 Å². The van der Waals surface area contributed by atoms with E-state index in [9.17, 15) is 18.0 Å². The zero-order valence-electron chi connectivity index (χ0n) is 23.9. The van der Waals surface area contributed by atoms with E-state index in [-0.39, 0.29) is 17.3 Å². The maximum atomic E-state index is 14.1. The quantitative estimate of drug-likeness (QED) is 0.299. The molecule has 0 aliphatic carbocycles. The number of carbonyl (C=O) groups is 2. The fourth-order valence-electron chi connectivity index (χ4n) is 4.35. The van der Waals surface area contributed by atoms with Gasteiger partial charge in [-0.25, -0.2) is 8.42 Å². The van der Waals surface area contributed by atoms with Crippen LogP contribution in [0.2, 0.25) is 0 Å². The summed E-state index contributed by atoms with van der Waals surface area (Å²) in [4.78, 5) is 29.1. The predicted octanol–water partition coefficient (Wildman–Crippen LogP) is 5.98. The van der Waals surface area contributed by atoms with E-state index in [0.717, 1.165) is 25.5 Å². The molecule has 0 heterocycles. The van der Waals surface area contributed by atoms with Gasteiger partial charge < -0.3 is 10.2 Å². The molecule has 0 bridgehead atoms. The lowest BCUT2D eigenvalue weighted by atomic mass is 10.0. The Kier molecular flexibility index (Phi) is 10.2. The Morgan fingerprint density at radius 2 is 1.55 bits per heavy atom. The third kappa shape index (κ3) is 8.17. The van der Waals surface area contributed by atoms with Crippen LogP contribution in [-0.2, 0) is 26.2 Å². The van der Waals surface area contributed by atoms with Gasteiger partial charge in [0.25, 0.3) is 10.0 Å². The number of carbonyl (C=O) groups excluding carboxylic acids is 2. The molecule has 0 fully saturated rings. The van der Waals surface area contributed by atoms with Crippen molar-refractivity contribution in [1.29, 1.82) is 0 Å². The van der Waals surface area contributed by atoms with Crippen LogP contribution in [0.3, 0.4) is 0 Å². The normalized spacial score (nSPS) is 12.5. The molecule has 3 aromatic rings. The maximum Gasteiger partial charge on any atom is 0.264 e. The zero-order chi connectivity index (χ0) is 29.7. The van der Waals surface area contributed by atoms with E-state index in [1.165, 1.54) is 17.0 Å². The van der Waals surface area contributed by atoms with Gasteiger partial charge in [0.05, 0.1) is 10.6 Å². The van der Waals surface area contributed by atoms with Gasteiger partial charge in [-0.05, 0) is 83.0 Å². The molecule has 7 nitrogen and oxygen atoms in total. The maximum absolute atomic E-state index is 14.1. The van der Waals surface area contributed by atoms with Crippen LogP contribution in [0.1, 0.15) is 50.8 Å². The average Bonchev–Trinajstić information content (AvgIpc) is 2.87. The van der Waals surface area contributed by atoms with Crippen LogP contribution in [0.4, 0.5) is 5.69 Å². The molecule has 0 aliphatic rings. The number of nitrogens with zero attached hydrogens (tertiary/aromatic N) is 2. The summed E-state index contributed by atoms with van der Waals surface area (Å²) in [5.41, 5.74) is 2.65. The summed E-state index contributed by atoms with van der Waals surface area (Å²) < 4.78 is 29.7. The van der Waals surface area contributed by atoms with E-state index < -0.39 is 34.1 Å². The van der Waals surface area contributed by atoms with Gasteiger partial charge in [-0.1, -0.05) is 70.4 Å². The summed E-state index contributed by atoms with van der Waals surface area (Å²) in [6.07, 6.45) is 0.364. The van der Waals surface area contributed by atoms with Gasteiger partial charge >= 0.3 is 0 Å². The van der Waals surface area contributed by atoms with Crippen molar-refractivity contribution >= 4 is 43.5 Å². The summed E-state index contributed by atoms with van der Waals surface area (Å²) in [5.74, 6) is -0.761. The molecule has 0 unspecified atom stereocenters. The molecule has 40 heavy (non-hydrogen) atoms. The number of nitrogens with one attached hydrogen (secondary N) is 1. The summed E-state index contributed by atoms with van der Waals surface area (Å²) in [7, 11) is -4.10. The molecule has 1 N–H and O–H groups in total. The highest BCUT2D eigenvalue weighted by Crippen LogP contribution is 2.26. The number of hydrogen-bond acceptors (Lipinski definition) is 4. The minimum absolute atomic E-state index is 0.0802. The number of aryl methyl sites for hydroxylation is 2. The first-order chi connectivity index (χ1) is 18.7. The van der Waals surface area contributed by atoms with Gasteiger partial charge in [0.15, 0.2) is 0 Å². The molecule has 2 amide bonds. The molecular weight excluding hydrogens is 590 g/mol. The molecule has 0 saturated heterocycles. The highest BCUT2D eigenvalue weighted by atomic mass is 79.9. The number of sulfonamides is 1. The standard InChI is InChI=1S/C31H38BrN3O4S/c1-7-28(30(37)33-31(4,5)6)34(20-24-10-8-9-23(3)19-24)29(36)21-35(26-15-13-25(32)14-16-26)40(38,39)27-17-11-22(2)12-18-27/h8-19,28H,7,20-21H2,1-6H3,(H,33,37)/t28-/m0/s1. The van der Waals surface area contributed by atoms with Gasteiger partial charge in [0.2, 0.25) is 11.8 Å². The van der Waals surface area contributed by atoms with E-state index >= 15 is 0 Å². The van der Waals surface area contributed by atoms with Crippen molar-refractivity contribution in [2.24, 2.45) is 0 Å². The monoisotopic (exact) mass is 627 g/mol. The lowest BCUT2D eigenvalue weighted by Gasteiger charge is -2.34. The molecule has 0 aliphatic heterocycles. The van der Waals surface area contributed by atoms with E-state index in [4.69, 9.17) is 0 Å². The van der Waals surface area contributed by atoms with E-state index in [0.29, 0.717) is 12.1 Å². The molecular formula is C31H38BrN3O4S. The van der Waals surface area contributed by atoms with Crippen LogP contribution < -0.4 is 9.62 Å². The molecule has 9 heteroatoms. The van der Waals surface area contributed by atoms with Crippen LogP contribution in [0.25, 0.3) is 0 Å². The smallest absolute Gasteiger partial charge is 0.264 e. The number of benzene rings is 3. The second-order valence-electron chi connectivity index (χ2n) is 11.0. The van der Waals surface area contributed by atoms with Crippen molar-refractivity contribution in [1.82, 2.24) is 10.2 Å². The van der Waals surface area contributed by atoms with Gasteiger partial charge in [-0.15, -0.1) is 0 Å². The lowest BCUT2D eigenvalue weighted by molar-refractivity contribution is -0.141. The third-order valence-electron chi connectivity index (χ3n) is 6.32. The third-order valence-corrected chi connectivity index (χ3v) is 8.64. The number of amides is 2. The Balaban J connectivity index is 2.07. The highest BCUT2D eigenvalue weighted by molar-refractivity contribution is 9.10. The van der Waals surface area contributed by atoms with Crippen molar-refractivity contribution in [3.63, 3.8) is 0 Å². The SMILES string of the molecule is CC[C@@H](C(=O)NC(C)(C)C)N(Cc1cccc(C)c1)C(=O)CN(c1ccc(Br)cc1)S(=O)(=O)c1ccc(C)cc1. The fraction of sp³-hybridized carbons (Fsp3) is 0.355. The Morgan fingerprint density at radius 1 is 0.925 bits per heavy atom. The number of hydrogen-bond donors (Lipinski definition) is 1. The van der Waals surface area contributed by atoms with Crippen molar-refractivity contribution in [3.8, 4) is 0 Å². The van der Waals surface area contributed by atoms with Crippen LogP contribution >= 0.6 is 15.9 Å². The second-order valence-corrected chi connectivity index (χ2v) is 13.8. The largest absolute Gasteiger partial charge is 0.350 e. The summed E-state index contributed by atoms with van der Waals surface area (Å²) in [6.45, 7) is 11.0. The van der Waals surface area contributed by atoms with Gasteiger partial charge in [0.1, 0.15) is 12.6 Å².